The fourth-order valence-corrected chi connectivity index (χ4v) is 3.68. The molecule has 0 spiro atoms. The third-order valence-corrected chi connectivity index (χ3v) is 5.38. The molecule has 1 atom stereocenters. The van der Waals surface area contributed by atoms with Crippen LogP contribution >= 0.6 is 0 Å². The normalized spacial score (nSPS) is 16.1. The number of aromatic nitrogens is 2. The molecule has 0 unspecified atom stereocenters. The van der Waals surface area contributed by atoms with Crippen LogP contribution in [0.25, 0.3) is 0 Å². The van der Waals surface area contributed by atoms with Gasteiger partial charge in [0.05, 0.1) is 5.92 Å². The summed E-state index contributed by atoms with van der Waals surface area (Å²) in [7, 11) is 0. The van der Waals surface area contributed by atoms with E-state index in [9.17, 15) is 9.18 Å². The summed E-state index contributed by atoms with van der Waals surface area (Å²) in [5, 5.41) is 2.87. The number of anilines is 1. The second kappa shape index (κ2) is 9.55. The van der Waals surface area contributed by atoms with Gasteiger partial charge in [-0.1, -0.05) is 35.9 Å². The first-order valence-electron chi connectivity index (χ1n) is 10.4. The number of halogens is 1. The second-order valence-electron chi connectivity index (χ2n) is 7.69. The Morgan fingerprint density at radius 2 is 1.94 bits per heavy atom. The fraction of sp³-hybridized carbons (Fsp3) is 0.292. The minimum Gasteiger partial charge on any atom is -0.436 e. The number of carbonyl (C=O) groups is 1. The Bertz CT molecular complexity index is 1040. The van der Waals surface area contributed by atoms with E-state index in [1.54, 1.807) is 30.6 Å². The monoisotopic (exact) mass is 420 g/mol. The van der Waals surface area contributed by atoms with Gasteiger partial charge in [0.2, 0.25) is 5.91 Å². The highest BCUT2D eigenvalue weighted by Crippen LogP contribution is 2.31. The molecule has 2 heterocycles. The number of hydrogen-bond donors (Lipinski definition) is 1. The van der Waals surface area contributed by atoms with Crippen LogP contribution in [0.15, 0.2) is 60.9 Å². The predicted octanol–water partition coefficient (Wildman–Crippen LogP) is 4.25. The summed E-state index contributed by atoms with van der Waals surface area (Å²) in [6.45, 7) is 3.46. The minimum atomic E-state index is -0.314. The average Bonchev–Trinajstić information content (AvgIpc) is 2.80. The van der Waals surface area contributed by atoms with Crippen LogP contribution in [-0.2, 0) is 11.3 Å². The van der Waals surface area contributed by atoms with E-state index in [0.29, 0.717) is 29.6 Å². The standard InChI is InChI=1S/C24H25FN4O2/c1-17-8-10-20(11-9-17)31-24-22(26-12-13-27-24)29-14-4-6-19(16-29)23(30)28-15-18-5-2-3-7-21(18)25/h2-3,5,7-13,19H,4,6,14-16H2,1H3,(H,28,30)/t19-/m1/s1. The molecule has 31 heavy (non-hydrogen) atoms. The van der Waals surface area contributed by atoms with Gasteiger partial charge < -0.3 is 15.0 Å². The van der Waals surface area contributed by atoms with Crippen molar-refractivity contribution in [2.75, 3.05) is 18.0 Å². The Morgan fingerprint density at radius 3 is 2.74 bits per heavy atom. The summed E-state index contributed by atoms with van der Waals surface area (Å²) >= 11 is 0. The molecule has 1 aromatic heterocycles. The number of nitrogens with zero attached hydrogens (tertiary/aromatic N) is 3. The molecule has 1 saturated heterocycles. The first-order valence-corrected chi connectivity index (χ1v) is 10.4. The maximum Gasteiger partial charge on any atom is 0.263 e. The lowest BCUT2D eigenvalue weighted by Gasteiger charge is -2.33. The number of ether oxygens (including phenoxy) is 1. The van der Waals surface area contributed by atoms with Gasteiger partial charge in [-0.25, -0.2) is 14.4 Å². The summed E-state index contributed by atoms with van der Waals surface area (Å²) < 4.78 is 19.8. The van der Waals surface area contributed by atoms with Crippen LogP contribution in [0.1, 0.15) is 24.0 Å². The molecule has 1 aliphatic heterocycles. The van der Waals surface area contributed by atoms with Crippen molar-refractivity contribution in [3.05, 3.63) is 77.9 Å². The maximum atomic E-state index is 13.8. The van der Waals surface area contributed by atoms with Crippen LogP contribution in [0.4, 0.5) is 10.2 Å². The Morgan fingerprint density at radius 1 is 1.16 bits per heavy atom. The van der Waals surface area contributed by atoms with Crippen LogP contribution in [0.3, 0.4) is 0 Å². The van der Waals surface area contributed by atoms with Gasteiger partial charge in [0.1, 0.15) is 11.6 Å². The molecule has 4 rings (SSSR count). The number of aryl methyl sites for hydroxylation is 1. The molecular weight excluding hydrogens is 395 g/mol. The van der Waals surface area contributed by atoms with Crippen molar-refractivity contribution < 1.29 is 13.9 Å². The van der Waals surface area contributed by atoms with E-state index in [1.165, 1.54) is 6.07 Å². The molecule has 1 aliphatic rings. The second-order valence-corrected chi connectivity index (χ2v) is 7.69. The van der Waals surface area contributed by atoms with Gasteiger partial charge in [0.25, 0.3) is 5.88 Å². The molecule has 6 nitrogen and oxygen atoms in total. The number of nitrogens with one attached hydrogen (secondary N) is 1. The summed E-state index contributed by atoms with van der Waals surface area (Å²) in [6, 6.07) is 14.2. The van der Waals surface area contributed by atoms with Crippen molar-refractivity contribution in [2.24, 2.45) is 5.92 Å². The van der Waals surface area contributed by atoms with Gasteiger partial charge in [-0.3, -0.25) is 4.79 Å². The smallest absolute Gasteiger partial charge is 0.263 e. The minimum absolute atomic E-state index is 0.0853. The maximum absolute atomic E-state index is 13.8. The topological polar surface area (TPSA) is 67.4 Å². The molecule has 0 radical (unpaired) electrons. The van der Waals surface area contributed by atoms with Crippen molar-refractivity contribution in [3.63, 3.8) is 0 Å². The number of carbonyl (C=O) groups excluding carboxylic acids is 1. The van der Waals surface area contributed by atoms with Gasteiger partial charge in [0.15, 0.2) is 5.82 Å². The molecule has 1 amide bonds. The zero-order valence-corrected chi connectivity index (χ0v) is 17.4. The number of amides is 1. The number of rotatable bonds is 6. The number of benzene rings is 2. The van der Waals surface area contributed by atoms with Gasteiger partial charge in [0, 0.05) is 37.6 Å². The number of piperidine rings is 1. The highest BCUT2D eigenvalue weighted by Gasteiger charge is 2.28. The Balaban J connectivity index is 1.43. The first-order chi connectivity index (χ1) is 15.1. The summed E-state index contributed by atoms with van der Waals surface area (Å²) in [6.07, 6.45) is 4.83. The van der Waals surface area contributed by atoms with E-state index in [0.717, 1.165) is 24.9 Å². The van der Waals surface area contributed by atoms with Crippen LogP contribution in [0, 0.1) is 18.7 Å². The Kier molecular flexibility index (Phi) is 6.40. The third kappa shape index (κ3) is 5.17. The molecular formula is C24H25FN4O2. The Labute approximate surface area is 181 Å². The molecule has 0 bridgehead atoms. The quantitative estimate of drug-likeness (QED) is 0.646. The van der Waals surface area contributed by atoms with Crippen molar-refractivity contribution in [2.45, 2.75) is 26.3 Å². The van der Waals surface area contributed by atoms with Gasteiger partial charge in [-0.05, 0) is 38.0 Å². The van der Waals surface area contributed by atoms with Crippen molar-refractivity contribution in [1.82, 2.24) is 15.3 Å². The van der Waals surface area contributed by atoms with Crippen LogP contribution in [0.2, 0.25) is 0 Å². The van der Waals surface area contributed by atoms with E-state index in [1.807, 2.05) is 36.1 Å². The molecule has 1 N–H and O–H groups in total. The van der Waals surface area contributed by atoms with Crippen molar-refractivity contribution >= 4 is 11.7 Å². The molecule has 160 valence electrons. The summed E-state index contributed by atoms with van der Waals surface area (Å²) in [5.41, 5.74) is 1.62. The van der Waals surface area contributed by atoms with E-state index in [4.69, 9.17) is 4.74 Å². The van der Waals surface area contributed by atoms with E-state index >= 15 is 0 Å². The SMILES string of the molecule is Cc1ccc(Oc2nccnc2N2CCC[C@@H](C(=O)NCc3ccccc3F)C2)cc1. The van der Waals surface area contributed by atoms with Crippen LogP contribution in [-0.4, -0.2) is 29.0 Å². The number of hydrogen-bond acceptors (Lipinski definition) is 5. The fourth-order valence-electron chi connectivity index (χ4n) is 3.68. The predicted molar refractivity (Wildman–Crippen MR) is 116 cm³/mol. The van der Waals surface area contributed by atoms with Crippen molar-refractivity contribution in [3.8, 4) is 11.6 Å². The van der Waals surface area contributed by atoms with Crippen LogP contribution in [0.5, 0.6) is 11.6 Å². The summed E-state index contributed by atoms with van der Waals surface area (Å²) in [4.78, 5) is 23.6. The van der Waals surface area contributed by atoms with Crippen LogP contribution < -0.4 is 15.0 Å². The highest BCUT2D eigenvalue weighted by molar-refractivity contribution is 5.79. The molecule has 1 fully saturated rings. The largest absolute Gasteiger partial charge is 0.436 e. The molecule has 7 heteroatoms. The lowest BCUT2D eigenvalue weighted by atomic mass is 9.97. The van der Waals surface area contributed by atoms with Gasteiger partial charge >= 0.3 is 0 Å². The zero-order chi connectivity index (χ0) is 21.6. The van der Waals surface area contributed by atoms with E-state index in [2.05, 4.69) is 15.3 Å². The third-order valence-electron chi connectivity index (χ3n) is 5.38. The average molecular weight is 420 g/mol. The van der Waals surface area contributed by atoms with Gasteiger partial charge in [-0.15, -0.1) is 0 Å². The molecule has 0 saturated carbocycles. The lowest BCUT2D eigenvalue weighted by molar-refractivity contribution is -0.125. The van der Waals surface area contributed by atoms with E-state index in [-0.39, 0.29) is 24.2 Å². The molecule has 0 aliphatic carbocycles. The first kappa shape index (κ1) is 20.8. The van der Waals surface area contributed by atoms with E-state index < -0.39 is 0 Å². The highest BCUT2D eigenvalue weighted by atomic mass is 19.1. The lowest BCUT2D eigenvalue weighted by Crippen LogP contribution is -2.43. The summed E-state index contributed by atoms with van der Waals surface area (Å²) in [5.74, 6) is 1.11. The zero-order valence-electron chi connectivity index (χ0n) is 17.4. The van der Waals surface area contributed by atoms with Gasteiger partial charge in [-0.2, -0.15) is 0 Å². The molecule has 2 aromatic carbocycles. The van der Waals surface area contributed by atoms with Crippen molar-refractivity contribution in [1.29, 1.82) is 0 Å². The Hall–Kier alpha value is -3.48. The molecule has 3 aromatic rings.